The van der Waals surface area contributed by atoms with E-state index in [1.54, 1.807) is 11.8 Å². The van der Waals surface area contributed by atoms with Gasteiger partial charge in [-0.25, -0.2) is 0 Å². The zero-order valence-electron chi connectivity index (χ0n) is 9.46. The van der Waals surface area contributed by atoms with Crippen molar-refractivity contribution in [1.29, 1.82) is 5.26 Å². The minimum atomic E-state index is -0.242. The van der Waals surface area contributed by atoms with Crippen LogP contribution in [0.1, 0.15) is 26.7 Å². The Balaban J connectivity index is 2.13. The molecule has 1 aliphatic carbocycles. The Kier molecular flexibility index (Phi) is 2.94. The van der Waals surface area contributed by atoms with Crippen LogP contribution >= 0.6 is 23.4 Å². The van der Waals surface area contributed by atoms with E-state index in [-0.39, 0.29) is 4.75 Å². The second-order valence-electron chi connectivity index (χ2n) is 5.18. The van der Waals surface area contributed by atoms with Crippen LogP contribution in [-0.4, -0.2) is 4.75 Å². The van der Waals surface area contributed by atoms with Crippen LogP contribution in [0.4, 0.5) is 0 Å². The number of rotatable bonds is 2. The summed E-state index contributed by atoms with van der Waals surface area (Å²) in [6.07, 6.45) is 1.90. The van der Waals surface area contributed by atoms with E-state index in [4.69, 9.17) is 11.6 Å². The molecule has 0 heterocycles. The zero-order chi connectivity index (χ0) is 11.8. The van der Waals surface area contributed by atoms with Gasteiger partial charge in [0.15, 0.2) is 0 Å². The highest BCUT2D eigenvalue weighted by atomic mass is 35.5. The minimum Gasteiger partial charge on any atom is -0.197 e. The third-order valence-corrected chi connectivity index (χ3v) is 4.34. The highest BCUT2D eigenvalue weighted by Gasteiger charge is 2.50. The molecule has 0 unspecified atom stereocenters. The summed E-state index contributed by atoms with van der Waals surface area (Å²) in [5.74, 6) is 0. The first-order chi connectivity index (χ1) is 7.45. The first-order valence-corrected chi connectivity index (χ1v) is 6.50. The molecule has 0 N–H and O–H groups in total. The van der Waals surface area contributed by atoms with E-state index in [9.17, 15) is 5.26 Å². The first kappa shape index (κ1) is 11.8. The second kappa shape index (κ2) is 3.98. The fourth-order valence-corrected chi connectivity index (χ4v) is 4.43. The monoisotopic (exact) mass is 251 g/mol. The molecule has 0 aromatic heterocycles. The molecule has 1 aromatic carbocycles. The Morgan fingerprint density at radius 3 is 2.56 bits per heavy atom. The van der Waals surface area contributed by atoms with Crippen molar-refractivity contribution in [2.75, 3.05) is 0 Å². The Hall–Kier alpha value is -0.650. The SMILES string of the molecule is CC1(C)CC(C#N)(Sc2cccc(Cl)c2)C1. The van der Waals surface area contributed by atoms with E-state index in [0.29, 0.717) is 5.41 Å². The van der Waals surface area contributed by atoms with Crippen LogP contribution in [0, 0.1) is 16.7 Å². The highest BCUT2D eigenvalue weighted by molar-refractivity contribution is 8.01. The minimum absolute atomic E-state index is 0.242. The van der Waals surface area contributed by atoms with E-state index in [2.05, 4.69) is 19.9 Å². The topological polar surface area (TPSA) is 23.8 Å². The van der Waals surface area contributed by atoms with Gasteiger partial charge in [-0.2, -0.15) is 5.26 Å². The van der Waals surface area contributed by atoms with E-state index in [1.165, 1.54) is 0 Å². The third-order valence-electron chi connectivity index (χ3n) is 2.84. The van der Waals surface area contributed by atoms with Gasteiger partial charge in [0.05, 0.1) is 6.07 Å². The maximum absolute atomic E-state index is 9.30. The molecule has 1 saturated carbocycles. The summed E-state index contributed by atoms with van der Waals surface area (Å²) in [6.45, 7) is 4.42. The number of halogens is 1. The van der Waals surface area contributed by atoms with Crippen LogP contribution in [0.5, 0.6) is 0 Å². The number of nitrogens with zero attached hydrogens (tertiary/aromatic N) is 1. The van der Waals surface area contributed by atoms with Crippen molar-refractivity contribution in [2.45, 2.75) is 36.3 Å². The fourth-order valence-electron chi connectivity index (χ4n) is 2.42. The van der Waals surface area contributed by atoms with E-state index < -0.39 is 0 Å². The van der Waals surface area contributed by atoms with Crippen molar-refractivity contribution in [3.63, 3.8) is 0 Å². The number of hydrogen-bond acceptors (Lipinski definition) is 2. The van der Waals surface area contributed by atoms with Crippen molar-refractivity contribution in [2.24, 2.45) is 5.41 Å². The fraction of sp³-hybridized carbons (Fsp3) is 0.462. The molecule has 1 aliphatic rings. The van der Waals surface area contributed by atoms with Crippen LogP contribution in [0.25, 0.3) is 0 Å². The van der Waals surface area contributed by atoms with Gasteiger partial charge in [-0.05, 0) is 36.5 Å². The number of benzene rings is 1. The summed E-state index contributed by atoms with van der Waals surface area (Å²) in [7, 11) is 0. The van der Waals surface area contributed by atoms with Gasteiger partial charge in [0.25, 0.3) is 0 Å². The van der Waals surface area contributed by atoms with Crippen molar-refractivity contribution in [3.05, 3.63) is 29.3 Å². The van der Waals surface area contributed by atoms with Gasteiger partial charge in [-0.15, -0.1) is 11.8 Å². The largest absolute Gasteiger partial charge is 0.197 e. The van der Waals surface area contributed by atoms with Crippen LogP contribution < -0.4 is 0 Å². The van der Waals surface area contributed by atoms with Crippen LogP contribution in [0.3, 0.4) is 0 Å². The lowest BCUT2D eigenvalue weighted by molar-refractivity contribution is 0.162. The maximum atomic E-state index is 9.30. The molecular formula is C13H14ClNS. The molecule has 0 spiro atoms. The maximum Gasteiger partial charge on any atom is 0.108 e. The van der Waals surface area contributed by atoms with Gasteiger partial charge in [-0.1, -0.05) is 31.5 Å². The molecule has 0 atom stereocenters. The molecule has 0 bridgehead atoms. The molecule has 0 radical (unpaired) electrons. The summed E-state index contributed by atoms with van der Waals surface area (Å²) >= 11 is 7.59. The molecule has 2 rings (SSSR count). The predicted octanol–water partition coefficient (Wildman–Crippen LogP) is 4.51. The van der Waals surface area contributed by atoms with Crippen molar-refractivity contribution < 1.29 is 0 Å². The van der Waals surface area contributed by atoms with E-state index in [0.717, 1.165) is 22.8 Å². The smallest absolute Gasteiger partial charge is 0.108 e. The normalized spacial score (nSPS) is 20.9. The number of thioether (sulfide) groups is 1. The van der Waals surface area contributed by atoms with E-state index in [1.807, 2.05) is 24.3 Å². The highest BCUT2D eigenvalue weighted by Crippen LogP contribution is 2.56. The van der Waals surface area contributed by atoms with Crippen LogP contribution in [0.15, 0.2) is 29.2 Å². The van der Waals surface area contributed by atoms with E-state index >= 15 is 0 Å². The van der Waals surface area contributed by atoms with Crippen LogP contribution in [-0.2, 0) is 0 Å². The van der Waals surface area contributed by atoms with Gasteiger partial charge in [0.2, 0.25) is 0 Å². The molecular weight excluding hydrogens is 238 g/mol. The Bertz CT molecular complexity index is 439. The average Bonchev–Trinajstić information content (AvgIpc) is 2.14. The lowest BCUT2D eigenvalue weighted by Gasteiger charge is -2.48. The summed E-state index contributed by atoms with van der Waals surface area (Å²) in [6, 6.07) is 10.2. The van der Waals surface area contributed by atoms with Gasteiger partial charge in [-0.3, -0.25) is 0 Å². The van der Waals surface area contributed by atoms with Crippen molar-refractivity contribution >= 4 is 23.4 Å². The molecule has 1 aromatic rings. The standard InChI is InChI=1S/C13H14ClNS/c1-12(2)7-13(8-12,9-15)16-11-5-3-4-10(14)6-11/h3-6H,7-8H2,1-2H3. The lowest BCUT2D eigenvalue weighted by atomic mass is 9.64. The molecule has 16 heavy (non-hydrogen) atoms. The molecule has 1 nitrogen and oxygen atoms in total. The molecule has 0 saturated heterocycles. The van der Waals surface area contributed by atoms with Crippen molar-refractivity contribution in [1.82, 2.24) is 0 Å². The van der Waals surface area contributed by atoms with Gasteiger partial charge in [0.1, 0.15) is 4.75 Å². The molecule has 3 heteroatoms. The summed E-state index contributed by atoms with van der Waals surface area (Å²) < 4.78 is -0.242. The summed E-state index contributed by atoms with van der Waals surface area (Å²) in [5, 5.41) is 10.0. The molecule has 1 fully saturated rings. The predicted molar refractivity (Wildman–Crippen MR) is 68.7 cm³/mol. The van der Waals surface area contributed by atoms with Gasteiger partial charge >= 0.3 is 0 Å². The first-order valence-electron chi connectivity index (χ1n) is 5.31. The van der Waals surface area contributed by atoms with Gasteiger partial charge in [0, 0.05) is 9.92 Å². The lowest BCUT2D eigenvalue weighted by Crippen LogP contribution is -2.45. The average molecular weight is 252 g/mol. The number of nitriles is 1. The van der Waals surface area contributed by atoms with Crippen LogP contribution in [0.2, 0.25) is 5.02 Å². The third kappa shape index (κ3) is 2.36. The molecule has 0 amide bonds. The summed E-state index contributed by atoms with van der Waals surface area (Å²) in [4.78, 5) is 1.09. The molecule has 84 valence electrons. The van der Waals surface area contributed by atoms with Crippen molar-refractivity contribution in [3.8, 4) is 6.07 Å². The van der Waals surface area contributed by atoms with Gasteiger partial charge < -0.3 is 0 Å². The Morgan fingerprint density at radius 2 is 2.06 bits per heavy atom. The number of hydrogen-bond donors (Lipinski definition) is 0. The second-order valence-corrected chi connectivity index (χ2v) is 7.08. The molecule has 0 aliphatic heterocycles. The Labute approximate surface area is 106 Å². The zero-order valence-corrected chi connectivity index (χ0v) is 11.0. The quantitative estimate of drug-likeness (QED) is 0.772. The Morgan fingerprint density at radius 1 is 1.38 bits per heavy atom. The summed E-state index contributed by atoms with van der Waals surface area (Å²) in [5.41, 5.74) is 0.307.